The monoisotopic (exact) mass is 350 g/mol. The van der Waals surface area contributed by atoms with Crippen molar-refractivity contribution in [2.75, 3.05) is 26.8 Å². The topological polar surface area (TPSA) is 119 Å². The normalized spacial score (nSPS) is 14.0. The molecule has 1 aromatic rings. The third-order valence-electron chi connectivity index (χ3n) is 3.80. The minimum absolute atomic E-state index is 0.0155. The molecule has 0 aromatic heterocycles. The molecule has 1 aromatic carbocycles. The second-order valence-electron chi connectivity index (χ2n) is 5.42. The van der Waals surface area contributed by atoms with Gasteiger partial charge in [0, 0.05) is 19.2 Å². The van der Waals surface area contributed by atoms with Crippen LogP contribution in [-0.2, 0) is 9.53 Å². The van der Waals surface area contributed by atoms with Crippen molar-refractivity contribution in [3.8, 4) is 5.75 Å². The predicted octanol–water partition coefficient (Wildman–Crippen LogP) is 2.30. The fourth-order valence-corrected chi connectivity index (χ4v) is 2.45. The van der Waals surface area contributed by atoms with Gasteiger partial charge in [0.25, 0.3) is 0 Å². The Kier molecular flexibility index (Phi) is 5.93. The molecule has 1 saturated heterocycles. The van der Waals surface area contributed by atoms with E-state index in [0.29, 0.717) is 31.5 Å². The molecule has 1 N–H and O–H groups in total. The molecule has 1 fully saturated rings. The van der Waals surface area contributed by atoms with Gasteiger partial charge in [0.1, 0.15) is 0 Å². The van der Waals surface area contributed by atoms with Crippen LogP contribution in [0.4, 0.5) is 10.5 Å². The predicted molar refractivity (Wildman–Crippen MR) is 87.4 cm³/mol. The number of amides is 1. The van der Waals surface area contributed by atoms with Crippen LogP contribution in [0.1, 0.15) is 18.4 Å². The third-order valence-corrected chi connectivity index (χ3v) is 3.80. The summed E-state index contributed by atoms with van der Waals surface area (Å²) in [5.74, 6) is -0.649. The minimum Gasteiger partial charge on any atom is -0.475 e. The summed E-state index contributed by atoms with van der Waals surface area (Å²) in [6.45, 7) is 0.399. The standard InChI is InChI=1S/C16H18N2O7/c1-24-15(19)10-25-14-3-2-12(9-13(14)18(22)23)8-11-4-6-17(7-5-11)16(20)21/h2-3,8-9H,4-7,10H2,1H3,(H,20,21). The van der Waals surface area contributed by atoms with Gasteiger partial charge in [-0.25, -0.2) is 9.59 Å². The first-order chi connectivity index (χ1) is 11.9. The second-order valence-corrected chi connectivity index (χ2v) is 5.42. The molecule has 1 amide bonds. The highest BCUT2D eigenvalue weighted by Crippen LogP contribution is 2.30. The molecule has 0 unspecified atom stereocenters. The molecule has 2 rings (SSSR count). The minimum atomic E-state index is -0.943. The van der Waals surface area contributed by atoms with Crippen LogP contribution in [-0.4, -0.2) is 53.8 Å². The number of piperidine rings is 1. The number of esters is 1. The summed E-state index contributed by atoms with van der Waals surface area (Å²) in [6, 6.07) is 4.44. The van der Waals surface area contributed by atoms with Crippen molar-refractivity contribution >= 4 is 23.8 Å². The van der Waals surface area contributed by atoms with Crippen LogP contribution < -0.4 is 4.74 Å². The Morgan fingerprint density at radius 2 is 2.04 bits per heavy atom. The van der Waals surface area contributed by atoms with Gasteiger partial charge in [-0.05, 0) is 24.5 Å². The number of nitro groups is 1. The Morgan fingerprint density at radius 3 is 2.60 bits per heavy atom. The number of nitro benzene ring substituents is 1. The van der Waals surface area contributed by atoms with Crippen molar-refractivity contribution in [2.24, 2.45) is 0 Å². The highest BCUT2D eigenvalue weighted by molar-refractivity contribution is 5.71. The first-order valence-corrected chi connectivity index (χ1v) is 7.56. The number of likely N-dealkylation sites (tertiary alicyclic amines) is 1. The molecule has 0 spiro atoms. The summed E-state index contributed by atoms with van der Waals surface area (Å²) in [4.78, 5) is 34.0. The SMILES string of the molecule is COC(=O)COc1ccc(C=C2CCN(C(=O)O)CC2)cc1[N+](=O)[O-]. The van der Waals surface area contributed by atoms with Gasteiger partial charge in [-0.3, -0.25) is 10.1 Å². The summed E-state index contributed by atoms with van der Waals surface area (Å²) in [5.41, 5.74) is 1.40. The lowest BCUT2D eigenvalue weighted by molar-refractivity contribution is -0.385. The van der Waals surface area contributed by atoms with Crippen molar-refractivity contribution < 1.29 is 29.1 Å². The number of methoxy groups -OCH3 is 1. The van der Waals surface area contributed by atoms with Crippen LogP contribution in [0, 0.1) is 10.1 Å². The molecule has 1 aliphatic heterocycles. The van der Waals surface area contributed by atoms with Gasteiger partial charge in [-0.15, -0.1) is 0 Å². The largest absolute Gasteiger partial charge is 0.475 e. The van der Waals surface area contributed by atoms with Gasteiger partial charge >= 0.3 is 17.7 Å². The van der Waals surface area contributed by atoms with Crippen molar-refractivity contribution in [3.05, 3.63) is 39.4 Å². The summed E-state index contributed by atoms with van der Waals surface area (Å²) >= 11 is 0. The van der Waals surface area contributed by atoms with Crippen molar-refractivity contribution in [1.29, 1.82) is 0 Å². The number of ether oxygens (including phenoxy) is 2. The molecule has 134 valence electrons. The van der Waals surface area contributed by atoms with Crippen LogP contribution in [0.25, 0.3) is 6.08 Å². The Labute approximate surface area is 143 Å². The van der Waals surface area contributed by atoms with E-state index in [1.807, 2.05) is 6.08 Å². The highest BCUT2D eigenvalue weighted by Gasteiger charge is 2.19. The van der Waals surface area contributed by atoms with E-state index in [4.69, 9.17) is 9.84 Å². The van der Waals surface area contributed by atoms with E-state index in [1.54, 1.807) is 6.07 Å². The summed E-state index contributed by atoms with van der Waals surface area (Å²) in [5, 5.41) is 20.1. The Bertz CT molecular complexity index is 704. The van der Waals surface area contributed by atoms with Crippen LogP contribution in [0.3, 0.4) is 0 Å². The van der Waals surface area contributed by atoms with E-state index in [2.05, 4.69) is 4.74 Å². The van der Waals surface area contributed by atoms with Gasteiger partial charge in [0.2, 0.25) is 0 Å². The Hall–Kier alpha value is -3.10. The van der Waals surface area contributed by atoms with E-state index >= 15 is 0 Å². The Morgan fingerprint density at radius 1 is 1.36 bits per heavy atom. The van der Waals surface area contributed by atoms with E-state index in [-0.39, 0.29) is 11.4 Å². The number of hydrogen-bond donors (Lipinski definition) is 1. The van der Waals surface area contributed by atoms with Crippen LogP contribution >= 0.6 is 0 Å². The molecule has 0 saturated carbocycles. The molecule has 25 heavy (non-hydrogen) atoms. The summed E-state index contributed by atoms with van der Waals surface area (Å²) in [6.07, 6.45) is 2.04. The lowest BCUT2D eigenvalue weighted by Crippen LogP contribution is -2.35. The van der Waals surface area contributed by atoms with Crippen LogP contribution in [0.5, 0.6) is 5.75 Å². The van der Waals surface area contributed by atoms with E-state index < -0.39 is 23.6 Å². The number of carbonyl (C=O) groups is 2. The molecule has 1 aliphatic rings. The average molecular weight is 350 g/mol. The van der Waals surface area contributed by atoms with E-state index in [0.717, 1.165) is 5.57 Å². The van der Waals surface area contributed by atoms with Gasteiger partial charge in [-0.2, -0.15) is 0 Å². The smallest absolute Gasteiger partial charge is 0.407 e. The maximum atomic E-state index is 11.2. The lowest BCUT2D eigenvalue weighted by Gasteiger charge is -2.25. The quantitative estimate of drug-likeness (QED) is 0.491. The third kappa shape index (κ3) is 4.93. The number of benzene rings is 1. The number of rotatable bonds is 5. The van der Waals surface area contributed by atoms with Crippen LogP contribution in [0.2, 0.25) is 0 Å². The summed E-state index contributed by atoms with van der Waals surface area (Å²) < 4.78 is 9.56. The van der Waals surface area contributed by atoms with Gasteiger partial charge < -0.3 is 19.5 Å². The van der Waals surface area contributed by atoms with Crippen LogP contribution in [0.15, 0.2) is 23.8 Å². The highest BCUT2D eigenvalue weighted by atomic mass is 16.6. The maximum absolute atomic E-state index is 11.2. The zero-order valence-electron chi connectivity index (χ0n) is 13.6. The van der Waals surface area contributed by atoms with Crippen molar-refractivity contribution in [2.45, 2.75) is 12.8 Å². The first-order valence-electron chi connectivity index (χ1n) is 7.56. The first kappa shape index (κ1) is 18.2. The molecule has 0 bridgehead atoms. The average Bonchev–Trinajstić information content (AvgIpc) is 2.60. The number of hydrogen-bond acceptors (Lipinski definition) is 6. The summed E-state index contributed by atoms with van der Waals surface area (Å²) in [7, 11) is 1.20. The lowest BCUT2D eigenvalue weighted by atomic mass is 10.0. The Balaban J connectivity index is 2.13. The molecule has 1 heterocycles. The van der Waals surface area contributed by atoms with Gasteiger partial charge in [0.15, 0.2) is 12.4 Å². The molecule has 0 radical (unpaired) electrons. The fourth-order valence-electron chi connectivity index (χ4n) is 2.45. The van der Waals surface area contributed by atoms with E-state index in [1.165, 1.54) is 24.1 Å². The number of carboxylic acid groups (broad SMARTS) is 1. The van der Waals surface area contributed by atoms with Crippen molar-refractivity contribution in [3.63, 3.8) is 0 Å². The maximum Gasteiger partial charge on any atom is 0.407 e. The molecule has 9 heteroatoms. The fraction of sp³-hybridized carbons (Fsp3) is 0.375. The van der Waals surface area contributed by atoms with Gasteiger partial charge in [-0.1, -0.05) is 17.7 Å². The molecule has 9 nitrogen and oxygen atoms in total. The molecular weight excluding hydrogens is 332 g/mol. The second kappa shape index (κ2) is 8.13. The zero-order chi connectivity index (χ0) is 18.4. The van der Waals surface area contributed by atoms with E-state index in [9.17, 15) is 19.7 Å². The number of carbonyl (C=O) groups excluding carboxylic acids is 1. The zero-order valence-corrected chi connectivity index (χ0v) is 13.6. The molecular formula is C16H18N2O7. The molecule has 0 atom stereocenters. The van der Waals surface area contributed by atoms with Gasteiger partial charge in [0.05, 0.1) is 12.0 Å². The molecule has 0 aliphatic carbocycles. The van der Waals surface area contributed by atoms with Crippen molar-refractivity contribution in [1.82, 2.24) is 4.90 Å². The number of nitrogens with zero attached hydrogens (tertiary/aromatic N) is 2.